The highest BCUT2D eigenvalue weighted by molar-refractivity contribution is 5.96. The van der Waals surface area contributed by atoms with Crippen LogP contribution in [0.3, 0.4) is 0 Å². The number of aromatic nitrogens is 2. The van der Waals surface area contributed by atoms with Gasteiger partial charge in [-0.05, 0) is 66.6 Å². The highest BCUT2D eigenvalue weighted by atomic mass is 16.4. The highest BCUT2D eigenvalue weighted by Crippen LogP contribution is 2.28. The number of aliphatic hydroxyl groups is 1. The van der Waals surface area contributed by atoms with Gasteiger partial charge in [0.1, 0.15) is 5.82 Å². The van der Waals surface area contributed by atoms with Gasteiger partial charge < -0.3 is 20.5 Å². The van der Waals surface area contributed by atoms with Crippen LogP contribution in [0.2, 0.25) is 0 Å². The zero-order chi connectivity index (χ0) is 27.8. The van der Waals surface area contributed by atoms with Crippen LogP contribution in [0.4, 0.5) is 10.5 Å². The summed E-state index contributed by atoms with van der Waals surface area (Å²) < 4.78 is 2.19. The van der Waals surface area contributed by atoms with Gasteiger partial charge in [-0.15, -0.1) is 0 Å². The molecule has 0 spiro atoms. The van der Waals surface area contributed by atoms with Gasteiger partial charge in [0.15, 0.2) is 0 Å². The minimum atomic E-state index is -0.950. The average molecular weight is 529 g/mol. The summed E-state index contributed by atoms with van der Waals surface area (Å²) >= 11 is 0. The number of rotatable bonds is 13. The molecule has 0 atom stereocenters. The minimum absolute atomic E-state index is 0.134. The number of imidazole rings is 1. The molecule has 0 bridgehead atoms. The standard InChI is InChI=1S/C31H36N4O4/c1-2-3-11-29-33-27-17-16-24(34(31(32)39)18-7-4-8-19-36)20-28(27)35(29)21-22-12-14-23(15-13-22)25-9-5-6-10-26(25)30(37)38/h5-6,9-10,12-17,20,36H,2-4,7-8,11,18-19,21H2,1H3,(H2,32,39)(H,37,38). The Labute approximate surface area is 228 Å². The lowest BCUT2D eigenvalue weighted by Gasteiger charge is -2.21. The second-order valence-corrected chi connectivity index (χ2v) is 9.71. The number of fused-ring (bicyclic) bond motifs is 1. The van der Waals surface area contributed by atoms with Crippen LogP contribution in [0.5, 0.6) is 0 Å². The van der Waals surface area contributed by atoms with Gasteiger partial charge in [-0.2, -0.15) is 0 Å². The SMILES string of the molecule is CCCCc1nc2ccc(N(CCCCCO)C(N)=O)cc2n1Cc1ccc(-c2ccccc2C(=O)O)cc1. The van der Waals surface area contributed by atoms with Gasteiger partial charge in [0.05, 0.1) is 16.6 Å². The second kappa shape index (κ2) is 13.1. The Balaban J connectivity index is 1.66. The number of aryl methyl sites for hydroxylation is 1. The van der Waals surface area contributed by atoms with E-state index in [0.29, 0.717) is 25.1 Å². The molecule has 4 rings (SSSR count). The third-order valence-corrected chi connectivity index (χ3v) is 6.95. The van der Waals surface area contributed by atoms with Crippen molar-refractivity contribution in [3.8, 4) is 11.1 Å². The summed E-state index contributed by atoms with van der Waals surface area (Å²) in [7, 11) is 0. The molecular weight excluding hydrogens is 492 g/mol. The van der Waals surface area contributed by atoms with E-state index in [0.717, 1.165) is 65.8 Å². The quantitative estimate of drug-likeness (QED) is 0.188. The van der Waals surface area contributed by atoms with Crippen molar-refractivity contribution in [1.29, 1.82) is 0 Å². The van der Waals surface area contributed by atoms with Crippen LogP contribution in [0.1, 0.15) is 60.8 Å². The summed E-state index contributed by atoms with van der Waals surface area (Å²) in [6.45, 7) is 3.36. The summed E-state index contributed by atoms with van der Waals surface area (Å²) in [4.78, 5) is 30.4. The fourth-order valence-corrected chi connectivity index (χ4v) is 4.85. The zero-order valence-electron chi connectivity index (χ0n) is 22.3. The van der Waals surface area contributed by atoms with Crippen molar-refractivity contribution in [2.24, 2.45) is 5.73 Å². The van der Waals surface area contributed by atoms with Crippen LogP contribution in [-0.4, -0.2) is 44.9 Å². The van der Waals surface area contributed by atoms with E-state index in [9.17, 15) is 14.7 Å². The Morgan fingerprint density at radius 3 is 2.44 bits per heavy atom. The number of hydrogen-bond acceptors (Lipinski definition) is 4. The predicted molar refractivity (Wildman–Crippen MR) is 154 cm³/mol. The molecule has 8 nitrogen and oxygen atoms in total. The fraction of sp³-hybridized carbons (Fsp3) is 0.323. The lowest BCUT2D eigenvalue weighted by molar-refractivity contribution is 0.0697. The second-order valence-electron chi connectivity index (χ2n) is 9.71. The molecule has 0 unspecified atom stereocenters. The van der Waals surface area contributed by atoms with Crippen LogP contribution in [-0.2, 0) is 13.0 Å². The van der Waals surface area contributed by atoms with Crippen molar-refractivity contribution in [2.45, 2.75) is 52.0 Å². The number of carbonyl (C=O) groups excluding carboxylic acids is 1. The first kappa shape index (κ1) is 27.9. The maximum Gasteiger partial charge on any atom is 0.336 e. The smallest absolute Gasteiger partial charge is 0.336 e. The first-order chi connectivity index (χ1) is 18.9. The number of nitrogens with zero attached hydrogens (tertiary/aromatic N) is 3. The van der Waals surface area contributed by atoms with E-state index in [1.807, 2.05) is 54.6 Å². The van der Waals surface area contributed by atoms with E-state index < -0.39 is 12.0 Å². The Morgan fingerprint density at radius 2 is 1.74 bits per heavy atom. The molecular formula is C31H36N4O4. The molecule has 0 radical (unpaired) electrons. The first-order valence-corrected chi connectivity index (χ1v) is 13.5. The normalized spacial score (nSPS) is 11.1. The number of aliphatic hydroxyl groups excluding tert-OH is 1. The Bertz CT molecular complexity index is 1430. The van der Waals surface area contributed by atoms with Gasteiger partial charge in [-0.25, -0.2) is 14.6 Å². The summed E-state index contributed by atoms with van der Waals surface area (Å²) in [6.07, 6.45) is 5.16. The molecule has 0 fully saturated rings. The van der Waals surface area contributed by atoms with E-state index in [1.165, 1.54) is 0 Å². The molecule has 2 amide bonds. The number of unbranched alkanes of at least 4 members (excludes halogenated alkanes) is 3. The van der Waals surface area contributed by atoms with Gasteiger partial charge in [0.25, 0.3) is 0 Å². The third-order valence-electron chi connectivity index (χ3n) is 6.95. The Kier molecular flexibility index (Phi) is 9.33. The van der Waals surface area contributed by atoms with Gasteiger partial charge in [-0.1, -0.05) is 55.8 Å². The first-order valence-electron chi connectivity index (χ1n) is 13.5. The van der Waals surface area contributed by atoms with E-state index in [1.54, 1.807) is 17.0 Å². The lowest BCUT2D eigenvalue weighted by Crippen LogP contribution is -2.36. The molecule has 39 heavy (non-hydrogen) atoms. The van der Waals surface area contributed by atoms with Gasteiger partial charge in [0, 0.05) is 31.8 Å². The number of aromatic carboxylic acids is 1. The molecule has 8 heteroatoms. The summed E-state index contributed by atoms with van der Waals surface area (Å²) in [5.74, 6) is 0.0344. The average Bonchev–Trinajstić information content (AvgIpc) is 3.28. The molecule has 4 aromatic rings. The monoisotopic (exact) mass is 528 g/mol. The van der Waals surface area contributed by atoms with Crippen LogP contribution in [0.15, 0.2) is 66.7 Å². The van der Waals surface area contributed by atoms with Gasteiger partial charge in [0.2, 0.25) is 0 Å². The summed E-state index contributed by atoms with van der Waals surface area (Å²) in [5, 5.41) is 18.6. The third kappa shape index (κ3) is 6.64. The number of nitrogens with two attached hydrogens (primary N) is 1. The largest absolute Gasteiger partial charge is 0.478 e. The van der Waals surface area contributed by atoms with Crippen LogP contribution in [0, 0.1) is 0 Å². The number of urea groups is 1. The number of primary amides is 1. The molecule has 1 aromatic heterocycles. The van der Waals surface area contributed by atoms with Crippen molar-refractivity contribution >= 4 is 28.7 Å². The number of anilines is 1. The molecule has 3 aromatic carbocycles. The highest BCUT2D eigenvalue weighted by Gasteiger charge is 2.17. The number of carboxylic acid groups (broad SMARTS) is 1. The number of benzene rings is 3. The summed E-state index contributed by atoms with van der Waals surface area (Å²) in [6, 6.07) is 20.2. The zero-order valence-corrected chi connectivity index (χ0v) is 22.3. The molecule has 0 aliphatic rings. The van der Waals surface area contributed by atoms with E-state index in [4.69, 9.17) is 15.8 Å². The van der Waals surface area contributed by atoms with Crippen molar-refractivity contribution in [3.05, 3.63) is 83.7 Å². The number of carboxylic acids is 1. The molecule has 0 saturated heterocycles. The van der Waals surface area contributed by atoms with Crippen molar-refractivity contribution in [1.82, 2.24) is 9.55 Å². The Morgan fingerprint density at radius 1 is 0.974 bits per heavy atom. The topological polar surface area (TPSA) is 122 Å². The number of amides is 2. The summed E-state index contributed by atoms with van der Waals surface area (Å²) in [5.41, 5.74) is 11.1. The van der Waals surface area contributed by atoms with Crippen molar-refractivity contribution in [3.63, 3.8) is 0 Å². The van der Waals surface area contributed by atoms with Crippen LogP contribution in [0.25, 0.3) is 22.2 Å². The van der Waals surface area contributed by atoms with E-state index >= 15 is 0 Å². The van der Waals surface area contributed by atoms with Crippen molar-refractivity contribution < 1.29 is 19.8 Å². The Hall–Kier alpha value is -4.17. The fourth-order valence-electron chi connectivity index (χ4n) is 4.85. The number of carbonyl (C=O) groups is 2. The van der Waals surface area contributed by atoms with Crippen molar-refractivity contribution in [2.75, 3.05) is 18.1 Å². The predicted octanol–water partition coefficient (Wildman–Crippen LogP) is 5.84. The van der Waals surface area contributed by atoms with Crippen LogP contribution >= 0.6 is 0 Å². The lowest BCUT2D eigenvalue weighted by atomic mass is 9.99. The minimum Gasteiger partial charge on any atom is -0.478 e. The maximum atomic E-state index is 12.3. The van der Waals surface area contributed by atoms with Gasteiger partial charge >= 0.3 is 12.0 Å². The maximum absolute atomic E-state index is 12.3. The molecule has 1 heterocycles. The van der Waals surface area contributed by atoms with Crippen LogP contribution < -0.4 is 10.6 Å². The molecule has 4 N–H and O–H groups in total. The molecule has 0 aliphatic carbocycles. The number of hydrogen-bond donors (Lipinski definition) is 3. The van der Waals surface area contributed by atoms with E-state index in [2.05, 4.69) is 11.5 Å². The van der Waals surface area contributed by atoms with E-state index in [-0.39, 0.29) is 12.2 Å². The molecule has 0 saturated carbocycles. The molecule has 204 valence electrons. The van der Waals surface area contributed by atoms with Gasteiger partial charge in [-0.3, -0.25) is 4.90 Å². The molecule has 0 aliphatic heterocycles.